The molecule has 0 radical (unpaired) electrons. The third-order valence-corrected chi connectivity index (χ3v) is 1.83. The van der Waals surface area contributed by atoms with Gasteiger partial charge in [0.05, 0.1) is 6.26 Å². The number of rotatable bonds is 2. The van der Waals surface area contributed by atoms with Crippen LogP contribution in [0.1, 0.15) is 5.76 Å². The topological polar surface area (TPSA) is 59.3 Å². The Kier molecular flexibility index (Phi) is 4.00. The summed E-state index contributed by atoms with van der Waals surface area (Å²) in [5, 5.41) is 1.77. The lowest BCUT2D eigenvalue weighted by molar-refractivity contribution is -0.115. The fourth-order valence-electron chi connectivity index (χ4n) is 0.737. The molecule has 0 unspecified atom stereocenters. The fraction of sp³-hybridized carbons (Fsp3) is 0.111. The molecule has 0 atom stereocenters. The standard InChI is InChI=1S/C9H9NO3S/c1-14-9(12)10-8(11)5-4-7-3-2-6-13-7/h2-6H,1H3,(H,10,11,12)/b5-4+. The molecule has 1 aromatic rings. The monoisotopic (exact) mass is 211 g/mol. The molecular weight excluding hydrogens is 202 g/mol. The summed E-state index contributed by atoms with van der Waals surface area (Å²) >= 11 is 0.948. The highest BCUT2D eigenvalue weighted by Gasteiger charge is 2.01. The van der Waals surface area contributed by atoms with Gasteiger partial charge in [0.25, 0.3) is 11.1 Å². The zero-order valence-corrected chi connectivity index (χ0v) is 8.34. The minimum Gasteiger partial charge on any atom is -0.465 e. The van der Waals surface area contributed by atoms with Gasteiger partial charge in [0.15, 0.2) is 0 Å². The number of carbonyl (C=O) groups is 2. The summed E-state index contributed by atoms with van der Waals surface area (Å²) in [6, 6.07) is 3.42. The van der Waals surface area contributed by atoms with E-state index in [0.717, 1.165) is 11.8 Å². The van der Waals surface area contributed by atoms with Gasteiger partial charge in [0, 0.05) is 6.08 Å². The van der Waals surface area contributed by atoms with E-state index in [0.29, 0.717) is 5.76 Å². The molecule has 0 saturated heterocycles. The molecule has 74 valence electrons. The van der Waals surface area contributed by atoms with E-state index in [2.05, 4.69) is 5.32 Å². The molecule has 0 aliphatic rings. The highest BCUT2D eigenvalue weighted by molar-refractivity contribution is 8.13. The molecular formula is C9H9NO3S. The van der Waals surface area contributed by atoms with Gasteiger partial charge < -0.3 is 4.42 Å². The molecule has 0 aromatic carbocycles. The van der Waals surface area contributed by atoms with Crippen molar-refractivity contribution in [2.75, 3.05) is 6.26 Å². The third kappa shape index (κ3) is 3.49. The van der Waals surface area contributed by atoms with E-state index in [-0.39, 0.29) is 5.24 Å². The maximum Gasteiger partial charge on any atom is 0.285 e. The van der Waals surface area contributed by atoms with E-state index < -0.39 is 5.91 Å². The van der Waals surface area contributed by atoms with Crippen molar-refractivity contribution in [1.82, 2.24) is 5.32 Å². The third-order valence-electron chi connectivity index (χ3n) is 1.35. The largest absolute Gasteiger partial charge is 0.465 e. The Morgan fingerprint density at radius 2 is 2.36 bits per heavy atom. The van der Waals surface area contributed by atoms with Crippen LogP contribution in [0.15, 0.2) is 28.9 Å². The van der Waals surface area contributed by atoms with Crippen LogP contribution in [0.3, 0.4) is 0 Å². The molecule has 4 nitrogen and oxygen atoms in total. The van der Waals surface area contributed by atoms with Crippen LogP contribution >= 0.6 is 11.8 Å². The van der Waals surface area contributed by atoms with E-state index in [4.69, 9.17) is 4.42 Å². The Bertz CT molecular complexity index is 343. The fourth-order valence-corrected chi connectivity index (χ4v) is 0.940. The second kappa shape index (κ2) is 5.29. The average Bonchev–Trinajstić information content (AvgIpc) is 2.67. The number of carbonyl (C=O) groups excluding carboxylic acids is 2. The summed E-state index contributed by atoms with van der Waals surface area (Å²) in [6.45, 7) is 0. The summed E-state index contributed by atoms with van der Waals surface area (Å²) in [4.78, 5) is 21.8. The Labute approximate surface area is 85.4 Å². The zero-order valence-electron chi connectivity index (χ0n) is 7.52. The molecule has 0 aliphatic heterocycles. The maximum atomic E-state index is 11.0. The minimum atomic E-state index is -0.458. The van der Waals surface area contributed by atoms with Crippen LogP contribution in [-0.4, -0.2) is 17.4 Å². The molecule has 0 spiro atoms. The maximum absolute atomic E-state index is 11.0. The van der Waals surface area contributed by atoms with E-state index in [9.17, 15) is 9.59 Å². The van der Waals surface area contributed by atoms with Crippen molar-refractivity contribution in [3.63, 3.8) is 0 Å². The summed E-state index contributed by atoms with van der Waals surface area (Å²) in [5.41, 5.74) is 0. The van der Waals surface area contributed by atoms with Crippen molar-refractivity contribution in [1.29, 1.82) is 0 Å². The Hall–Kier alpha value is -1.49. The van der Waals surface area contributed by atoms with Crippen molar-refractivity contribution in [2.45, 2.75) is 0 Å². The zero-order chi connectivity index (χ0) is 10.4. The first-order chi connectivity index (χ1) is 6.72. The highest BCUT2D eigenvalue weighted by atomic mass is 32.2. The molecule has 1 aromatic heterocycles. The van der Waals surface area contributed by atoms with Gasteiger partial charge in [-0.2, -0.15) is 0 Å². The van der Waals surface area contributed by atoms with Crippen LogP contribution in [0.2, 0.25) is 0 Å². The second-order valence-electron chi connectivity index (χ2n) is 2.33. The van der Waals surface area contributed by atoms with Crippen LogP contribution in [0.25, 0.3) is 6.08 Å². The second-order valence-corrected chi connectivity index (χ2v) is 3.11. The SMILES string of the molecule is CSC(=O)NC(=O)/C=C/c1ccco1. The van der Waals surface area contributed by atoms with Gasteiger partial charge in [0.1, 0.15) is 5.76 Å². The first kappa shape index (κ1) is 10.6. The van der Waals surface area contributed by atoms with Gasteiger partial charge in [-0.3, -0.25) is 14.9 Å². The first-order valence-electron chi connectivity index (χ1n) is 3.83. The molecule has 0 aliphatic carbocycles. The number of furan rings is 1. The Morgan fingerprint density at radius 1 is 1.57 bits per heavy atom. The lowest BCUT2D eigenvalue weighted by Crippen LogP contribution is -2.24. The van der Waals surface area contributed by atoms with Gasteiger partial charge >= 0.3 is 0 Å². The van der Waals surface area contributed by atoms with E-state index in [1.165, 1.54) is 18.4 Å². The molecule has 1 heterocycles. The number of amides is 2. The summed E-state index contributed by atoms with van der Waals surface area (Å²) in [7, 11) is 0. The number of nitrogens with one attached hydrogen (secondary N) is 1. The smallest absolute Gasteiger partial charge is 0.285 e. The molecule has 0 fully saturated rings. The molecule has 1 rings (SSSR count). The quantitative estimate of drug-likeness (QED) is 0.759. The van der Waals surface area contributed by atoms with Crippen molar-refractivity contribution in [3.8, 4) is 0 Å². The molecule has 2 amide bonds. The first-order valence-corrected chi connectivity index (χ1v) is 5.05. The summed E-state index contributed by atoms with van der Waals surface area (Å²) in [6.07, 6.45) is 5.83. The van der Waals surface area contributed by atoms with Crippen LogP contribution in [0.5, 0.6) is 0 Å². The Morgan fingerprint density at radius 3 is 2.93 bits per heavy atom. The molecule has 5 heteroatoms. The highest BCUT2D eigenvalue weighted by Crippen LogP contribution is 2.01. The van der Waals surface area contributed by atoms with Gasteiger partial charge in [0.2, 0.25) is 0 Å². The van der Waals surface area contributed by atoms with E-state index >= 15 is 0 Å². The average molecular weight is 211 g/mol. The predicted molar refractivity (Wildman–Crippen MR) is 54.8 cm³/mol. The summed E-state index contributed by atoms with van der Waals surface area (Å²) in [5.74, 6) is 0.109. The summed E-state index contributed by atoms with van der Waals surface area (Å²) < 4.78 is 4.96. The van der Waals surface area contributed by atoms with Gasteiger partial charge in [-0.1, -0.05) is 11.8 Å². The number of hydrogen-bond acceptors (Lipinski definition) is 4. The predicted octanol–water partition coefficient (Wildman–Crippen LogP) is 1.89. The molecule has 14 heavy (non-hydrogen) atoms. The van der Waals surface area contributed by atoms with Crippen LogP contribution in [0, 0.1) is 0 Å². The van der Waals surface area contributed by atoms with Crippen molar-refractivity contribution >= 4 is 29.0 Å². The Balaban J connectivity index is 2.45. The molecule has 0 bridgehead atoms. The van der Waals surface area contributed by atoms with Crippen LogP contribution in [0.4, 0.5) is 4.79 Å². The lowest BCUT2D eigenvalue weighted by atomic mass is 10.4. The van der Waals surface area contributed by atoms with Gasteiger partial charge in [-0.05, 0) is 24.5 Å². The van der Waals surface area contributed by atoms with Crippen LogP contribution in [-0.2, 0) is 4.79 Å². The lowest BCUT2D eigenvalue weighted by Gasteiger charge is -1.94. The van der Waals surface area contributed by atoms with Crippen molar-refractivity contribution in [2.24, 2.45) is 0 Å². The minimum absolute atomic E-state index is 0.376. The number of imide groups is 1. The number of hydrogen-bond donors (Lipinski definition) is 1. The molecule has 1 N–H and O–H groups in total. The van der Waals surface area contributed by atoms with Gasteiger partial charge in [-0.25, -0.2) is 0 Å². The number of thioether (sulfide) groups is 1. The van der Waals surface area contributed by atoms with Gasteiger partial charge in [-0.15, -0.1) is 0 Å². The van der Waals surface area contributed by atoms with Crippen molar-refractivity contribution < 1.29 is 14.0 Å². The van der Waals surface area contributed by atoms with E-state index in [1.54, 1.807) is 18.4 Å². The van der Waals surface area contributed by atoms with E-state index in [1.807, 2.05) is 0 Å². The van der Waals surface area contributed by atoms with Crippen LogP contribution < -0.4 is 5.32 Å². The van der Waals surface area contributed by atoms with Crippen molar-refractivity contribution in [3.05, 3.63) is 30.2 Å². The molecule has 0 saturated carbocycles. The normalized spacial score (nSPS) is 10.4.